The maximum atomic E-state index is 11.7. The summed E-state index contributed by atoms with van der Waals surface area (Å²) in [5.74, 6) is -0.0126. The molecule has 0 bridgehead atoms. The van der Waals surface area contributed by atoms with Crippen LogP contribution in [0.2, 0.25) is 0 Å². The third-order valence-corrected chi connectivity index (χ3v) is 3.01. The monoisotopic (exact) mass is 228 g/mol. The van der Waals surface area contributed by atoms with Gasteiger partial charge in [-0.3, -0.25) is 4.79 Å². The van der Waals surface area contributed by atoms with Crippen molar-refractivity contribution in [3.8, 4) is 0 Å². The third-order valence-electron chi connectivity index (χ3n) is 3.01. The van der Waals surface area contributed by atoms with E-state index < -0.39 is 0 Å². The van der Waals surface area contributed by atoms with Crippen LogP contribution in [-0.2, 0) is 9.53 Å². The Bertz CT molecular complexity index is 227. The summed E-state index contributed by atoms with van der Waals surface area (Å²) in [5.41, 5.74) is 5.66. The SMILES string of the molecule is CCCC(C)NC(=O)C(C)OC1CC(N)C1. The normalized spacial score (nSPS) is 28.0. The highest BCUT2D eigenvalue weighted by Crippen LogP contribution is 2.22. The molecule has 0 aliphatic heterocycles. The van der Waals surface area contributed by atoms with E-state index in [0.717, 1.165) is 25.7 Å². The van der Waals surface area contributed by atoms with Crippen LogP contribution >= 0.6 is 0 Å². The molecular formula is C12H24N2O2. The molecule has 0 spiro atoms. The number of carbonyl (C=O) groups is 1. The second kappa shape index (κ2) is 6.21. The zero-order chi connectivity index (χ0) is 12.1. The quantitative estimate of drug-likeness (QED) is 0.717. The summed E-state index contributed by atoms with van der Waals surface area (Å²) in [5, 5.41) is 2.95. The van der Waals surface area contributed by atoms with Gasteiger partial charge in [-0.25, -0.2) is 0 Å². The second-order valence-corrected chi connectivity index (χ2v) is 4.83. The molecule has 2 unspecified atom stereocenters. The Morgan fingerprint density at radius 3 is 2.62 bits per heavy atom. The van der Waals surface area contributed by atoms with E-state index in [-0.39, 0.29) is 30.2 Å². The average molecular weight is 228 g/mol. The van der Waals surface area contributed by atoms with Crippen molar-refractivity contribution in [2.75, 3.05) is 0 Å². The van der Waals surface area contributed by atoms with Crippen molar-refractivity contribution < 1.29 is 9.53 Å². The highest BCUT2D eigenvalue weighted by atomic mass is 16.5. The van der Waals surface area contributed by atoms with E-state index in [9.17, 15) is 4.79 Å². The smallest absolute Gasteiger partial charge is 0.249 e. The van der Waals surface area contributed by atoms with Gasteiger partial charge in [-0.2, -0.15) is 0 Å². The van der Waals surface area contributed by atoms with Crippen LogP contribution < -0.4 is 11.1 Å². The summed E-state index contributed by atoms with van der Waals surface area (Å²) in [7, 11) is 0. The number of nitrogens with two attached hydrogens (primary N) is 1. The summed E-state index contributed by atoms with van der Waals surface area (Å²) in [4.78, 5) is 11.7. The first-order valence-electron chi connectivity index (χ1n) is 6.24. The maximum absolute atomic E-state index is 11.7. The van der Waals surface area contributed by atoms with Crippen LogP contribution in [0.4, 0.5) is 0 Å². The van der Waals surface area contributed by atoms with Gasteiger partial charge >= 0.3 is 0 Å². The maximum Gasteiger partial charge on any atom is 0.249 e. The third kappa shape index (κ3) is 4.10. The fraction of sp³-hybridized carbons (Fsp3) is 0.917. The Morgan fingerprint density at radius 2 is 2.12 bits per heavy atom. The molecule has 2 atom stereocenters. The molecule has 4 nitrogen and oxygen atoms in total. The van der Waals surface area contributed by atoms with E-state index in [1.54, 1.807) is 6.92 Å². The molecule has 0 aromatic rings. The number of nitrogens with one attached hydrogen (secondary N) is 1. The Hall–Kier alpha value is -0.610. The highest BCUT2D eigenvalue weighted by Gasteiger charge is 2.30. The van der Waals surface area contributed by atoms with Crippen molar-refractivity contribution >= 4 is 5.91 Å². The van der Waals surface area contributed by atoms with Crippen LogP contribution in [0.1, 0.15) is 46.5 Å². The lowest BCUT2D eigenvalue weighted by molar-refractivity contribution is -0.140. The van der Waals surface area contributed by atoms with Crippen molar-refractivity contribution in [3.05, 3.63) is 0 Å². The molecule has 1 amide bonds. The molecule has 0 saturated heterocycles. The van der Waals surface area contributed by atoms with Crippen molar-refractivity contribution in [1.82, 2.24) is 5.32 Å². The minimum Gasteiger partial charge on any atom is -0.365 e. The zero-order valence-electron chi connectivity index (χ0n) is 10.5. The summed E-state index contributed by atoms with van der Waals surface area (Å²) >= 11 is 0. The van der Waals surface area contributed by atoms with Crippen LogP contribution in [0.3, 0.4) is 0 Å². The van der Waals surface area contributed by atoms with Crippen LogP contribution in [0, 0.1) is 0 Å². The largest absolute Gasteiger partial charge is 0.365 e. The van der Waals surface area contributed by atoms with Gasteiger partial charge in [-0.15, -0.1) is 0 Å². The topological polar surface area (TPSA) is 64.3 Å². The predicted octanol–water partition coefficient (Wildman–Crippen LogP) is 1.19. The summed E-state index contributed by atoms with van der Waals surface area (Å²) in [6.07, 6.45) is 3.65. The van der Waals surface area contributed by atoms with Crippen LogP contribution in [0.25, 0.3) is 0 Å². The standard InChI is InChI=1S/C12H24N2O2/c1-4-5-8(2)14-12(15)9(3)16-11-6-10(13)7-11/h8-11H,4-7,13H2,1-3H3,(H,14,15). The lowest BCUT2D eigenvalue weighted by Crippen LogP contribution is -2.47. The Kier molecular flexibility index (Phi) is 5.22. The van der Waals surface area contributed by atoms with Gasteiger partial charge < -0.3 is 15.8 Å². The fourth-order valence-corrected chi connectivity index (χ4v) is 1.93. The molecule has 1 fully saturated rings. The first-order chi connectivity index (χ1) is 7.52. The molecule has 1 saturated carbocycles. The van der Waals surface area contributed by atoms with Crippen LogP contribution in [0.15, 0.2) is 0 Å². The molecule has 0 radical (unpaired) electrons. The van der Waals surface area contributed by atoms with Gasteiger partial charge in [0.15, 0.2) is 0 Å². The minimum absolute atomic E-state index is 0.0126. The van der Waals surface area contributed by atoms with Crippen molar-refractivity contribution in [1.29, 1.82) is 0 Å². The summed E-state index contributed by atoms with van der Waals surface area (Å²) in [6, 6.07) is 0.492. The molecule has 0 aromatic heterocycles. The van der Waals surface area contributed by atoms with Gasteiger partial charge in [0.1, 0.15) is 6.10 Å². The minimum atomic E-state index is -0.364. The number of hydrogen-bond donors (Lipinski definition) is 2. The van der Waals surface area contributed by atoms with Gasteiger partial charge in [-0.05, 0) is 33.1 Å². The summed E-state index contributed by atoms with van der Waals surface area (Å²) in [6.45, 7) is 5.93. The van der Waals surface area contributed by atoms with E-state index >= 15 is 0 Å². The first-order valence-corrected chi connectivity index (χ1v) is 6.24. The van der Waals surface area contributed by atoms with Crippen molar-refractivity contribution in [2.45, 2.75) is 70.7 Å². The molecule has 0 heterocycles. The van der Waals surface area contributed by atoms with Gasteiger partial charge in [0.25, 0.3) is 0 Å². The lowest BCUT2D eigenvalue weighted by atomic mass is 9.90. The van der Waals surface area contributed by atoms with Gasteiger partial charge in [0, 0.05) is 12.1 Å². The lowest BCUT2D eigenvalue weighted by Gasteiger charge is -2.34. The van der Waals surface area contributed by atoms with E-state index in [4.69, 9.17) is 10.5 Å². The van der Waals surface area contributed by atoms with Gasteiger partial charge in [-0.1, -0.05) is 13.3 Å². The molecule has 0 aromatic carbocycles. The molecule has 16 heavy (non-hydrogen) atoms. The summed E-state index contributed by atoms with van der Waals surface area (Å²) < 4.78 is 5.61. The predicted molar refractivity (Wildman–Crippen MR) is 64.1 cm³/mol. The molecule has 1 aliphatic rings. The second-order valence-electron chi connectivity index (χ2n) is 4.83. The van der Waals surface area contributed by atoms with E-state index in [0.29, 0.717) is 0 Å². The average Bonchev–Trinajstić information content (AvgIpc) is 2.15. The zero-order valence-corrected chi connectivity index (χ0v) is 10.5. The van der Waals surface area contributed by atoms with Gasteiger partial charge in [0.05, 0.1) is 6.10 Å². The first kappa shape index (κ1) is 13.5. The molecule has 1 aliphatic carbocycles. The number of carbonyl (C=O) groups excluding carboxylic acids is 1. The molecule has 94 valence electrons. The van der Waals surface area contributed by atoms with Crippen LogP contribution in [-0.4, -0.2) is 30.2 Å². The van der Waals surface area contributed by atoms with Crippen LogP contribution in [0.5, 0.6) is 0 Å². The molecule has 3 N–H and O–H groups in total. The number of hydrogen-bond acceptors (Lipinski definition) is 3. The van der Waals surface area contributed by atoms with Gasteiger partial charge in [0.2, 0.25) is 5.91 Å². The Balaban J connectivity index is 2.19. The molecule has 1 rings (SSSR count). The molecular weight excluding hydrogens is 204 g/mol. The van der Waals surface area contributed by atoms with Crippen molar-refractivity contribution in [2.24, 2.45) is 5.73 Å². The molecule has 4 heteroatoms. The number of rotatable bonds is 6. The van der Waals surface area contributed by atoms with Crippen molar-refractivity contribution in [3.63, 3.8) is 0 Å². The Morgan fingerprint density at radius 1 is 1.50 bits per heavy atom. The van der Waals surface area contributed by atoms with E-state index in [1.807, 2.05) is 6.92 Å². The number of ether oxygens (including phenoxy) is 1. The van der Waals surface area contributed by atoms with E-state index in [2.05, 4.69) is 12.2 Å². The highest BCUT2D eigenvalue weighted by molar-refractivity contribution is 5.80. The number of amides is 1. The fourth-order valence-electron chi connectivity index (χ4n) is 1.93. The Labute approximate surface area is 97.9 Å². The van der Waals surface area contributed by atoms with E-state index in [1.165, 1.54) is 0 Å².